The number of carbonyl (C=O) groups excluding carboxylic acids is 3. The molecule has 4 aromatic carbocycles. The summed E-state index contributed by atoms with van der Waals surface area (Å²) in [5.41, 5.74) is 2.55. The van der Waals surface area contributed by atoms with Crippen LogP contribution in [0.4, 0.5) is 0 Å². The largest absolute Gasteiger partial charge is 1.00 e. The molecule has 15 nitrogen and oxygen atoms in total. The van der Waals surface area contributed by atoms with E-state index in [0.717, 1.165) is 26.9 Å². The second-order valence-corrected chi connectivity index (χ2v) is 13.0. The van der Waals surface area contributed by atoms with E-state index in [-0.39, 0.29) is 47.4 Å². The number of carboxylic acids is 1. The maximum atomic E-state index is 12.8. The Bertz CT molecular complexity index is 2070. The third kappa shape index (κ3) is 9.47. The number of nitrogens with one attached hydrogen (secondary N) is 2. The number of aliphatic hydroxyl groups is 4. The van der Waals surface area contributed by atoms with Gasteiger partial charge in [-0.1, -0.05) is 96.2 Å². The van der Waals surface area contributed by atoms with Crippen molar-refractivity contribution < 1.29 is 79.3 Å². The first-order chi connectivity index (χ1) is 26.0. The van der Waals surface area contributed by atoms with Crippen LogP contribution in [0.15, 0.2) is 109 Å². The standard InChI is InChI=1S/C39H39N5O10.Na/c45-22-34(50)41-35-31(47)19-39(38(52)53,44-21-30(42-43-44)28-12-10-26(11-13-28)24-4-2-1-3-5-24)54-37(35)36(51)32(48)20-40-33(49)18-23-6-8-25(9-7-23)27-14-16-29(46)17-15-27;/h1-17,21,31-32,35-37,45-48,51H,18-20,22H2,(H,40,49)(H,41,50)(H,52,53);/q;+1/p-1/t31-,32+,35+,36+,37+,39+;/m0./s1. The molecule has 1 fully saturated rings. The number of aromatic hydroxyl groups is 1. The molecule has 6 rings (SSSR count). The van der Waals surface area contributed by atoms with Crippen molar-refractivity contribution in [1.82, 2.24) is 25.6 Å². The Morgan fingerprint density at radius 3 is 2.02 bits per heavy atom. The smallest absolute Gasteiger partial charge is 0.545 e. The number of aliphatic hydroxyl groups excluding tert-OH is 4. The molecule has 1 aliphatic heterocycles. The van der Waals surface area contributed by atoms with Gasteiger partial charge in [-0.15, -0.1) is 5.10 Å². The quantitative estimate of drug-likeness (QED) is 0.0599. The van der Waals surface area contributed by atoms with Gasteiger partial charge >= 0.3 is 29.6 Å². The van der Waals surface area contributed by atoms with Crippen molar-refractivity contribution in [1.29, 1.82) is 0 Å². The molecular formula is C39H38N5NaO10. The molecule has 0 bridgehead atoms. The fraction of sp³-hybridized carbons (Fsp3) is 0.256. The molecule has 1 saturated heterocycles. The summed E-state index contributed by atoms with van der Waals surface area (Å²) in [5.74, 6) is -3.20. The van der Waals surface area contributed by atoms with Crippen LogP contribution in [0.25, 0.3) is 33.5 Å². The number of aliphatic carboxylic acids is 1. The van der Waals surface area contributed by atoms with Gasteiger partial charge in [0.15, 0.2) is 0 Å². The first kappa shape index (κ1) is 41.2. The number of carbonyl (C=O) groups is 3. The minimum atomic E-state index is -2.57. The molecule has 7 N–H and O–H groups in total. The molecule has 280 valence electrons. The molecule has 6 atom stereocenters. The number of amides is 2. The zero-order valence-corrected chi connectivity index (χ0v) is 31.7. The second kappa shape index (κ2) is 18.1. The molecule has 0 unspecified atom stereocenters. The molecule has 16 heteroatoms. The zero-order valence-electron chi connectivity index (χ0n) is 29.7. The van der Waals surface area contributed by atoms with Gasteiger partial charge in [0.25, 0.3) is 0 Å². The molecule has 0 saturated carbocycles. The third-order valence-electron chi connectivity index (χ3n) is 9.29. The Labute approximate surface area is 337 Å². The van der Waals surface area contributed by atoms with E-state index in [1.165, 1.54) is 6.20 Å². The maximum absolute atomic E-state index is 12.8. The Hall–Kier alpha value is -4.97. The van der Waals surface area contributed by atoms with Crippen LogP contribution in [0.1, 0.15) is 12.0 Å². The SMILES string of the molecule is O=C(Cc1ccc(-c2ccc(O)cc2)cc1)NC[C@@H](O)[C@@H](O)[C@@H]1O[C@](C(=O)[O-])(n2cc(-c3ccc(-c4ccccc4)cc3)nn2)C[C@H](O)[C@H]1NC(=O)CO.[Na+]. The average molecular weight is 760 g/mol. The van der Waals surface area contributed by atoms with Gasteiger partial charge in [0.2, 0.25) is 17.5 Å². The Kier molecular flexibility index (Phi) is 13.6. The number of rotatable bonds is 13. The minimum absolute atomic E-state index is 0. The number of phenolic OH excluding ortho intramolecular Hbond substituents is 1. The second-order valence-electron chi connectivity index (χ2n) is 13.0. The van der Waals surface area contributed by atoms with Crippen molar-refractivity contribution >= 4 is 17.8 Å². The van der Waals surface area contributed by atoms with Gasteiger partial charge in [0, 0.05) is 18.5 Å². The van der Waals surface area contributed by atoms with Gasteiger partial charge in [0.1, 0.15) is 30.3 Å². The average Bonchev–Trinajstić information content (AvgIpc) is 3.69. The van der Waals surface area contributed by atoms with Crippen LogP contribution in [0.5, 0.6) is 5.75 Å². The van der Waals surface area contributed by atoms with Crippen LogP contribution in [0, 0.1) is 0 Å². The number of hydrogen-bond acceptors (Lipinski definition) is 12. The van der Waals surface area contributed by atoms with Crippen LogP contribution in [-0.2, 0) is 31.3 Å². The summed E-state index contributed by atoms with van der Waals surface area (Å²) in [6.07, 6.45) is -6.88. The van der Waals surface area contributed by atoms with Crippen molar-refractivity contribution in [2.24, 2.45) is 0 Å². The molecule has 0 aliphatic carbocycles. The van der Waals surface area contributed by atoms with Gasteiger partial charge in [-0.25, -0.2) is 4.68 Å². The van der Waals surface area contributed by atoms with E-state index >= 15 is 0 Å². The normalized spacial score (nSPS) is 20.4. The number of nitrogens with zero attached hydrogens (tertiary/aromatic N) is 3. The fourth-order valence-electron chi connectivity index (χ4n) is 6.35. The van der Waals surface area contributed by atoms with Crippen LogP contribution >= 0.6 is 0 Å². The van der Waals surface area contributed by atoms with Crippen molar-refractivity contribution in [2.45, 2.75) is 49.0 Å². The van der Waals surface area contributed by atoms with Crippen molar-refractivity contribution in [3.8, 4) is 39.3 Å². The van der Waals surface area contributed by atoms with Crippen molar-refractivity contribution in [2.75, 3.05) is 13.2 Å². The fourth-order valence-corrected chi connectivity index (χ4v) is 6.35. The van der Waals surface area contributed by atoms with E-state index in [0.29, 0.717) is 11.1 Å². The summed E-state index contributed by atoms with van der Waals surface area (Å²) in [4.78, 5) is 37.8. The first-order valence-electron chi connectivity index (χ1n) is 17.0. The number of ether oxygens (including phenoxy) is 1. The monoisotopic (exact) mass is 759 g/mol. The molecule has 1 aliphatic rings. The number of carboxylic acid groups (broad SMARTS) is 1. The summed E-state index contributed by atoms with van der Waals surface area (Å²) in [6, 6.07) is 29.1. The van der Waals surface area contributed by atoms with E-state index in [4.69, 9.17) is 4.74 Å². The topological polar surface area (TPSA) is 239 Å². The van der Waals surface area contributed by atoms with Crippen LogP contribution < -0.4 is 45.3 Å². The Balaban J connectivity index is 0.00000580. The molecule has 5 aromatic rings. The van der Waals surface area contributed by atoms with E-state index in [1.807, 2.05) is 54.6 Å². The molecule has 55 heavy (non-hydrogen) atoms. The van der Waals surface area contributed by atoms with E-state index < -0.39 is 73.5 Å². The molecule has 0 spiro atoms. The summed E-state index contributed by atoms with van der Waals surface area (Å²) in [7, 11) is 0. The molecular weight excluding hydrogens is 721 g/mol. The number of hydrogen-bond donors (Lipinski definition) is 7. The summed E-state index contributed by atoms with van der Waals surface area (Å²) < 4.78 is 6.75. The Morgan fingerprint density at radius 1 is 0.855 bits per heavy atom. The number of phenols is 1. The zero-order chi connectivity index (χ0) is 38.4. The molecule has 2 heterocycles. The van der Waals surface area contributed by atoms with Gasteiger partial charge in [-0.2, -0.15) is 0 Å². The van der Waals surface area contributed by atoms with E-state index in [2.05, 4.69) is 20.9 Å². The molecule has 2 amide bonds. The van der Waals surface area contributed by atoms with Crippen LogP contribution in [-0.4, -0.2) is 102 Å². The maximum Gasteiger partial charge on any atom is 1.00 e. The summed E-state index contributed by atoms with van der Waals surface area (Å²) in [6.45, 7) is -1.52. The van der Waals surface area contributed by atoms with E-state index in [1.54, 1.807) is 48.5 Å². The van der Waals surface area contributed by atoms with Crippen LogP contribution in [0.2, 0.25) is 0 Å². The minimum Gasteiger partial charge on any atom is -0.545 e. The summed E-state index contributed by atoms with van der Waals surface area (Å²) in [5, 5.41) is 78.1. The van der Waals surface area contributed by atoms with Crippen LogP contribution in [0.3, 0.4) is 0 Å². The molecule has 1 aromatic heterocycles. The Morgan fingerprint density at radius 2 is 1.42 bits per heavy atom. The summed E-state index contributed by atoms with van der Waals surface area (Å²) >= 11 is 0. The van der Waals surface area contributed by atoms with Gasteiger partial charge in [-0.3, -0.25) is 9.59 Å². The van der Waals surface area contributed by atoms with Gasteiger partial charge in [0.05, 0.1) is 36.8 Å². The number of aromatic nitrogens is 3. The first-order valence-corrected chi connectivity index (χ1v) is 17.0. The third-order valence-corrected chi connectivity index (χ3v) is 9.29. The van der Waals surface area contributed by atoms with Crippen molar-refractivity contribution in [3.05, 3.63) is 115 Å². The van der Waals surface area contributed by atoms with E-state index in [9.17, 15) is 45.0 Å². The predicted octanol–water partition coefficient (Wildman–Crippen LogP) is -2.90. The number of benzene rings is 4. The van der Waals surface area contributed by atoms with Gasteiger partial charge < -0.3 is 50.8 Å². The molecule has 0 radical (unpaired) electrons. The predicted molar refractivity (Wildman–Crippen MR) is 191 cm³/mol. The van der Waals surface area contributed by atoms with Gasteiger partial charge in [-0.05, 0) is 39.9 Å². The van der Waals surface area contributed by atoms with Crippen molar-refractivity contribution in [3.63, 3.8) is 0 Å².